The van der Waals surface area contributed by atoms with E-state index in [0.29, 0.717) is 23.5 Å². The molecule has 0 spiro atoms. The molecule has 0 bridgehead atoms. The summed E-state index contributed by atoms with van der Waals surface area (Å²) < 4.78 is 13.3. The van der Waals surface area contributed by atoms with Crippen LogP contribution in [0.5, 0.6) is 0 Å². The van der Waals surface area contributed by atoms with Crippen molar-refractivity contribution < 1.29 is 9.18 Å². The highest BCUT2D eigenvalue weighted by Crippen LogP contribution is 2.21. The monoisotopic (exact) mass is 319 g/mol. The van der Waals surface area contributed by atoms with Crippen molar-refractivity contribution >= 4 is 33.4 Å². The van der Waals surface area contributed by atoms with Gasteiger partial charge in [-0.1, -0.05) is 27.5 Å². The third-order valence-corrected chi connectivity index (χ3v) is 4.10. The van der Waals surface area contributed by atoms with Crippen molar-refractivity contribution in [1.29, 1.82) is 0 Å². The molecule has 92 valence electrons. The molecule has 2 nitrogen and oxygen atoms in total. The lowest BCUT2D eigenvalue weighted by atomic mass is 10.1. The molecule has 1 aromatic carbocycles. The molecule has 1 heterocycles. The first kappa shape index (κ1) is 12.8. The standard InChI is InChI=1S/C12H12BrClFNO/c13-9-3-5-16(6-4-9)12(17)8-1-2-10(14)11(15)7-8/h1-2,7,9H,3-6H2. The molecule has 17 heavy (non-hydrogen) atoms. The topological polar surface area (TPSA) is 20.3 Å². The normalized spacial score (nSPS) is 17.2. The van der Waals surface area contributed by atoms with Crippen LogP contribution in [0, 0.1) is 5.82 Å². The summed E-state index contributed by atoms with van der Waals surface area (Å²) in [4.78, 5) is 14.3. The highest BCUT2D eigenvalue weighted by atomic mass is 79.9. The summed E-state index contributed by atoms with van der Waals surface area (Å²) >= 11 is 9.11. The van der Waals surface area contributed by atoms with Crippen LogP contribution in [0.3, 0.4) is 0 Å². The molecule has 1 amide bonds. The first-order chi connectivity index (χ1) is 8.08. The second kappa shape index (κ2) is 5.36. The summed E-state index contributed by atoms with van der Waals surface area (Å²) in [5.74, 6) is -0.673. The third-order valence-electron chi connectivity index (χ3n) is 2.88. The minimum Gasteiger partial charge on any atom is -0.339 e. The molecule has 0 aliphatic carbocycles. The largest absolute Gasteiger partial charge is 0.339 e. The van der Waals surface area contributed by atoms with E-state index in [1.54, 1.807) is 11.0 Å². The van der Waals surface area contributed by atoms with Crippen LogP contribution < -0.4 is 0 Å². The first-order valence-electron chi connectivity index (χ1n) is 5.46. The highest BCUT2D eigenvalue weighted by molar-refractivity contribution is 9.09. The fraction of sp³-hybridized carbons (Fsp3) is 0.417. The molecule has 5 heteroatoms. The Balaban J connectivity index is 2.11. The molecule has 0 aromatic heterocycles. The van der Waals surface area contributed by atoms with Gasteiger partial charge in [-0.15, -0.1) is 0 Å². The summed E-state index contributed by atoms with van der Waals surface area (Å²) in [5.41, 5.74) is 0.361. The Labute approximate surface area is 113 Å². The van der Waals surface area contributed by atoms with Crippen LogP contribution in [0.25, 0.3) is 0 Å². The Morgan fingerprint density at radius 3 is 2.65 bits per heavy atom. The molecule has 0 radical (unpaired) electrons. The van der Waals surface area contributed by atoms with E-state index in [4.69, 9.17) is 11.6 Å². The van der Waals surface area contributed by atoms with Crippen LogP contribution in [0.2, 0.25) is 5.02 Å². The van der Waals surface area contributed by atoms with E-state index in [-0.39, 0.29) is 10.9 Å². The first-order valence-corrected chi connectivity index (χ1v) is 6.75. The highest BCUT2D eigenvalue weighted by Gasteiger charge is 2.22. The number of nitrogens with zero attached hydrogens (tertiary/aromatic N) is 1. The molecule has 0 unspecified atom stereocenters. The van der Waals surface area contributed by atoms with Gasteiger partial charge in [-0.3, -0.25) is 4.79 Å². The Hall–Kier alpha value is -0.610. The number of benzene rings is 1. The van der Waals surface area contributed by atoms with Gasteiger partial charge in [-0.25, -0.2) is 4.39 Å². The number of rotatable bonds is 1. The Kier molecular flexibility index (Phi) is 4.05. The number of halogens is 3. The van der Waals surface area contributed by atoms with Gasteiger partial charge >= 0.3 is 0 Å². The van der Waals surface area contributed by atoms with Crippen molar-refractivity contribution in [3.05, 3.63) is 34.6 Å². The summed E-state index contributed by atoms with van der Waals surface area (Å²) in [6, 6.07) is 4.18. The average Bonchev–Trinajstić information content (AvgIpc) is 2.33. The van der Waals surface area contributed by atoms with Crippen molar-refractivity contribution in [2.24, 2.45) is 0 Å². The lowest BCUT2D eigenvalue weighted by Gasteiger charge is -2.29. The number of amides is 1. The second-order valence-corrected chi connectivity index (χ2v) is 5.80. The van der Waals surface area contributed by atoms with Crippen molar-refractivity contribution in [3.8, 4) is 0 Å². The maximum Gasteiger partial charge on any atom is 0.253 e. The van der Waals surface area contributed by atoms with Gasteiger partial charge in [0.1, 0.15) is 5.82 Å². The van der Waals surface area contributed by atoms with Gasteiger partial charge in [0.2, 0.25) is 0 Å². The van der Waals surface area contributed by atoms with E-state index in [2.05, 4.69) is 15.9 Å². The zero-order chi connectivity index (χ0) is 12.4. The van der Waals surface area contributed by atoms with E-state index in [0.717, 1.165) is 12.8 Å². The number of carbonyl (C=O) groups excluding carboxylic acids is 1. The van der Waals surface area contributed by atoms with Crippen LogP contribution >= 0.6 is 27.5 Å². The molecule has 0 atom stereocenters. The molecule has 1 saturated heterocycles. The predicted molar refractivity (Wildman–Crippen MR) is 69.3 cm³/mol. The Bertz CT molecular complexity index is 433. The van der Waals surface area contributed by atoms with Crippen LogP contribution in [0.4, 0.5) is 4.39 Å². The average molecular weight is 321 g/mol. The lowest BCUT2D eigenvalue weighted by molar-refractivity contribution is 0.0728. The van der Waals surface area contributed by atoms with Crippen molar-refractivity contribution in [3.63, 3.8) is 0 Å². The van der Waals surface area contributed by atoms with Gasteiger partial charge in [0, 0.05) is 23.5 Å². The lowest BCUT2D eigenvalue weighted by Crippen LogP contribution is -2.38. The van der Waals surface area contributed by atoms with Crippen molar-refractivity contribution in [2.75, 3.05) is 13.1 Å². The Morgan fingerprint density at radius 2 is 2.06 bits per heavy atom. The van der Waals surface area contributed by atoms with E-state index >= 15 is 0 Å². The molecule has 1 aliphatic rings. The van der Waals surface area contributed by atoms with Crippen LogP contribution in [-0.4, -0.2) is 28.7 Å². The van der Waals surface area contributed by atoms with E-state index in [9.17, 15) is 9.18 Å². The third kappa shape index (κ3) is 2.99. The zero-order valence-electron chi connectivity index (χ0n) is 9.13. The van der Waals surface area contributed by atoms with Gasteiger partial charge in [0.15, 0.2) is 0 Å². The zero-order valence-corrected chi connectivity index (χ0v) is 11.5. The van der Waals surface area contributed by atoms with E-state index < -0.39 is 5.82 Å². The molecule has 0 saturated carbocycles. The number of likely N-dealkylation sites (tertiary alicyclic amines) is 1. The fourth-order valence-electron chi connectivity index (χ4n) is 1.86. The van der Waals surface area contributed by atoms with Gasteiger partial charge in [0.25, 0.3) is 5.91 Å². The Morgan fingerprint density at radius 1 is 1.41 bits per heavy atom. The SMILES string of the molecule is O=C(c1ccc(Cl)c(F)c1)N1CCC(Br)CC1. The minimum atomic E-state index is -0.548. The maximum atomic E-state index is 13.3. The quantitative estimate of drug-likeness (QED) is 0.726. The number of alkyl halides is 1. The summed E-state index contributed by atoms with van der Waals surface area (Å²) in [5, 5.41) is 0.0423. The molecule has 1 fully saturated rings. The summed E-state index contributed by atoms with van der Waals surface area (Å²) in [6.45, 7) is 1.41. The fourth-order valence-corrected chi connectivity index (χ4v) is 2.39. The summed E-state index contributed by atoms with van der Waals surface area (Å²) in [7, 11) is 0. The number of hydrogen-bond donors (Lipinski definition) is 0. The number of hydrogen-bond acceptors (Lipinski definition) is 1. The summed E-state index contributed by atoms with van der Waals surface area (Å²) in [6.07, 6.45) is 1.86. The van der Waals surface area contributed by atoms with E-state index in [1.807, 2.05) is 0 Å². The van der Waals surface area contributed by atoms with Gasteiger partial charge < -0.3 is 4.90 Å². The van der Waals surface area contributed by atoms with Gasteiger partial charge in [-0.2, -0.15) is 0 Å². The molecular formula is C12H12BrClFNO. The second-order valence-electron chi connectivity index (χ2n) is 4.10. The van der Waals surface area contributed by atoms with Crippen LogP contribution in [0.15, 0.2) is 18.2 Å². The van der Waals surface area contributed by atoms with Crippen molar-refractivity contribution in [2.45, 2.75) is 17.7 Å². The number of piperidine rings is 1. The van der Waals surface area contributed by atoms with Crippen molar-refractivity contribution in [1.82, 2.24) is 4.90 Å². The van der Waals surface area contributed by atoms with Crippen LogP contribution in [-0.2, 0) is 0 Å². The smallest absolute Gasteiger partial charge is 0.253 e. The number of carbonyl (C=O) groups is 1. The minimum absolute atomic E-state index is 0.0423. The van der Waals surface area contributed by atoms with Gasteiger partial charge in [0.05, 0.1) is 5.02 Å². The van der Waals surface area contributed by atoms with E-state index in [1.165, 1.54) is 12.1 Å². The molecule has 1 aliphatic heterocycles. The van der Waals surface area contributed by atoms with Gasteiger partial charge in [-0.05, 0) is 31.0 Å². The molecule has 0 N–H and O–H groups in total. The maximum absolute atomic E-state index is 13.3. The molecule has 1 aromatic rings. The van der Waals surface area contributed by atoms with Crippen LogP contribution in [0.1, 0.15) is 23.2 Å². The predicted octanol–water partition coefficient (Wildman–Crippen LogP) is 3.48. The molecular weight excluding hydrogens is 308 g/mol. The molecule has 2 rings (SSSR count).